The molecule has 0 aliphatic carbocycles. The van der Waals surface area contributed by atoms with E-state index in [2.05, 4.69) is 4.98 Å². The molecule has 1 unspecified atom stereocenters. The van der Waals surface area contributed by atoms with Gasteiger partial charge < -0.3 is 9.72 Å². The minimum atomic E-state index is -1.01. The third-order valence-corrected chi connectivity index (χ3v) is 5.12. The summed E-state index contributed by atoms with van der Waals surface area (Å²) < 4.78 is 18.7. The summed E-state index contributed by atoms with van der Waals surface area (Å²) in [6.45, 7) is 1.61. The van der Waals surface area contributed by atoms with Crippen LogP contribution in [0, 0.1) is 5.82 Å². The standard InChI is InChI=1S/C22H19FN2O4/c1-13(25-20(26)16-6-2-3-7-17(16)21(25)27)22(28)29-10-4-5-14-12-24-19-9-8-15(23)11-18(14)19/h2-3,6-9,11-13,24H,4-5,10H2,1H3. The third-order valence-electron chi connectivity index (χ3n) is 5.12. The number of esters is 1. The number of nitrogens with zero attached hydrogens (tertiary/aromatic N) is 1. The molecule has 3 aromatic rings. The molecule has 1 N–H and O–H groups in total. The predicted octanol–water partition coefficient (Wildman–Crippen LogP) is 3.47. The lowest BCUT2D eigenvalue weighted by Crippen LogP contribution is -2.43. The Morgan fingerprint density at radius 3 is 2.52 bits per heavy atom. The number of carbonyl (C=O) groups is 3. The van der Waals surface area contributed by atoms with Crippen LogP contribution < -0.4 is 0 Å². The number of amides is 2. The molecule has 148 valence electrons. The quantitative estimate of drug-likeness (QED) is 0.394. The number of carbonyl (C=O) groups excluding carboxylic acids is 3. The maximum absolute atomic E-state index is 13.4. The van der Waals surface area contributed by atoms with E-state index >= 15 is 0 Å². The smallest absolute Gasteiger partial charge is 0.329 e. The summed E-state index contributed by atoms with van der Waals surface area (Å²) in [5.41, 5.74) is 2.37. The van der Waals surface area contributed by atoms with Crippen molar-refractivity contribution < 1.29 is 23.5 Å². The third kappa shape index (κ3) is 3.40. The van der Waals surface area contributed by atoms with Crippen molar-refractivity contribution in [2.75, 3.05) is 6.61 Å². The topological polar surface area (TPSA) is 79.5 Å². The first-order chi connectivity index (χ1) is 14.0. The molecule has 6 nitrogen and oxygen atoms in total. The summed E-state index contributed by atoms with van der Waals surface area (Å²) in [7, 11) is 0. The molecular weight excluding hydrogens is 375 g/mol. The van der Waals surface area contributed by atoms with Gasteiger partial charge in [-0.15, -0.1) is 0 Å². The fraction of sp³-hybridized carbons (Fsp3) is 0.227. The number of aromatic nitrogens is 1. The summed E-state index contributed by atoms with van der Waals surface area (Å²) in [6.07, 6.45) is 2.94. The van der Waals surface area contributed by atoms with E-state index in [4.69, 9.17) is 4.74 Å². The number of halogens is 1. The fourth-order valence-corrected chi connectivity index (χ4v) is 3.58. The van der Waals surface area contributed by atoms with Gasteiger partial charge in [0.1, 0.15) is 11.9 Å². The van der Waals surface area contributed by atoms with Crippen molar-refractivity contribution in [3.63, 3.8) is 0 Å². The van der Waals surface area contributed by atoms with Gasteiger partial charge in [0.05, 0.1) is 17.7 Å². The molecule has 1 aliphatic heterocycles. The highest BCUT2D eigenvalue weighted by Gasteiger charge is 2.41. The van der Waals surface area contributed by atoms with E-state index in [0.717, 1.165) is 21.4 Å². The van der Waals surface area contributed by atoms with Gasteiger partial charge in [-0.3, -0.25) is 14.5 Å². The zero-order chi connectivity index (χ0) is 20.5. The minimum absolute atomic E-state index is 0.133. The van der Waals surface area contributed by atoms with E-state index in [1.807, 2.05) is 6.20 Å². The number of benzene rings is 2. The Morgan fingerprint density at radius 1 is 1.14 bits per heavy atom. The number of rotatable bonds is 6. The Bertz CT molecular complexity index is 1090. The van der Waals surface area contributed by atoms with Crippen LogP contribution in [0.5, 0.6) is 0 Å². The van der Waals surface area contributed by atoms with E-state index in [0.29, 0.717) is 24.0 Å². The predicted molar refractivity (Wildman–Crippen MR) is 104 cm³/mol. The molecule has 7 heteroatoms. The Morgan fingerprint density at radius 2 is 1.83 bits per heavy atom. The van der Waals surface area contributed by atoms with E-state index in [9.17, 15) is 18.8 Å². The summed E-state index contributed by atoms with van der Waals surface area (Å²) in [5.74, 6) is -1.92. The van der Waals surface area contributed by atoms with Crippen molar-refractivity contribution in [1.82, 2.24) is 9.88 Å². The normalized spacial score (nSPS) is 14.3. The van der Waals surface area contributed by atoms with Crippen LogP contribution in [-0.4, -0.2) is 40.3 Å². The molecule has 29 heavy (non-hydrogen) atoms. The maximum Gasteiger partial charge on any atom is 0.329 e. The monoisotopic (exact) mass is 394 g/mol. The van der Waals surface area contributed by atoms with Crippen LogP contribution in [-0.2, 0) is 16.0 Å². The number of nitrogens with one attached hydrogen (secondary N) is 1. The second-order valence-electron chi connectivity index (χ2n) is 6.98. The second-order valence-corrected chi connectivity index (χ2v) is 6.98. The molecule has 1 atom stereocenters. The average Bonchev–Trinajstić information content (AvgIpc) is 3.23. The molecule has 4 rings (SSSR count). The first-order valence-corrected chi connectivity index (χ1v) is 9.36. The van der Waals surface area contributed by atoms with Gasteiger partial charge in [-0.05, 0) is 55.7 Å². The lowest BCUT2D eigenvalue weighted by atomic mass is 10.1. The van der Waals surface area contributed by atoms with Gasteiger partial charge in [0, 0.05) is 17.1 Å². The van der Waals surface area contributed by atoms with E-state index < -0.39 is 23.8 Å². The fourth-order valence-electron chi connectivity index (χ4n) is 3.58. The summed E-state index contributed by atoms with van der Waals surface area (Å²) in [4.78, 5) is 41.3. The van der Waals surface area contributed by atoms with Crippen LogP contribution >= 0.6 is 0 Å². The first-order valence-electron chi connectivity index (χ1n) is 9.36. The number of fused-ring (bicyclic) bond motifs is 2. The van der Waals surface area contributed by atoms with Crippen molar-refractivity contribution >= 4 is 28.7 Å². The second kappa shape index (κ2) is 7.50. The SMILES string of the molecule is CC(C(=O)OCCCc1c[nH]c2ccc(F)cc12)N1C(=O)c2ccccc2C1=O. The zero-order valence-corrected chi connectivity index (χ0v) is 15.8. The zero-order valence-electron chi connectivity index (χ0n) is 15.8. The number of imide groups is 1. The highest BCUT2D eigenvalue weighted by Crippen LogP contribution is 2.25. The largest absolute Gasteiger partial charge is 0.464 e. The summed E-state index contributed by atoms with van der Waals surface area (Å²) >= 11 is 0. The van der Waals surface area contributed by atoms with Gasteiger partial charge in [-0.2, -0.15) is 0 Å². The van der Waals surface area contributed by atoms with Gasteiger partial charge in [0.2, 0.25) is 0 Å². The molecule has 0 spiro atoms. The number of ether oxygens (including phenoxy) is 1. The number of H-pyrrole nitrogens is 1. The van der Waals surface area contributed by atoms with Gasteiger partial charge in [-0.1, -0.05) is 12.1 Å². The van der Waals surface area contributed by atoms with Gasteiger partial charge in [0.25, 0.3) is 11.8 Å². The average molecular weight is 394 g/mol. The highest BCUT2D eigenvalue weighted by molar-refractivity contribution is 6.22. The van der Waals surface area contributed by atoms with Crippen LogP contribution in [0.3, 0.4) is 0 Å². The molecule has 0 fully saturated rings. The molecule has 0 saturated heterocycles. The van der Waals surface area contributed by atoms with Crippen molar-refractivity contribution in [2.24, 2.45) is 0 Å². The van der Waals surface area contributed by atoms with Crippen molar-refractivity contribution in [2.45, 2.75) is 25.8 Å². The molecule has 2 amide bonds. The number of hydrogen-bond acceptors (Lipinski definition) is 4. The summed E-state index contributed by atoms with van der Waals surface area (Å²) in [6, 6.07) is 10.0. The van der Waals surface area contributed by atoms with Gasteiger partial charge in [0.15, 0.2) is 0 Å². The Hall–Kier alpha value is -3.48. The van der Waals surface area contributed by atoms with Crippen LogP contribution in [0.25, 0.3) is 10.9 Å². The van der Waals surface area contributed by atoms with E-state index in [1.165, 1.54) is 19.1 Å². The van der Waals surface area contributed by atoms with Crippen LogP contribution in [0.15, 0.2) is 48.7 Å². The number of aromatic amines is 1. The molecule has 1 aliphatic rings. The van der Waals surface area contributed by atoms with Crippen LogP contribution in [0.1, 0.15) is 39.6 Å². The van der Waals surface area contributed by atoms with Crippen LogP contribution in [0.2, 0.25) is 0 Å². The van der Waals surface area contributed by atoms with E-state index in [1.54, 1.807) is 30.3 Å². The van der Waals surface area contributed by atoms with Crippen LogP contribution in [0.4, 0.5) is 4.39 Å². The van der Waals surface area contributed by atoms with E-state index in [-0.39, 0.29) is 12.4 Å². The Balaban J connectivity index is 1.33. The first kappa shape index (κ1) is 18.9. The number of hydrogen-bond donors (Lipinski definition) is 1. The lowest BCUT2D eigenvalue weighted by Gasteiger charge is -2.20. The van der Waals surface area contributed by atoms with Crippen molar-refractivity contribution in [3.8, 4) is 0 Å². The Labute approximate surface area is 166 Å². The molecular formula is C22H19FN2O4. The minimum Gasteiger partial charge on any atom is -0.464 e. The van der Waals surface area contributed by atoms with Gasteiger partial charge >= 0.3 is 5.97 Å². The molecule has 0 radical (unpaired) electrons. The van der Waals surface area contributed by atoms with Crippen molar-refractivity contribution in [3.05, 3.63) is 71.2 Å². The van der Waals surface area contributed by atoms with Crippen molar-refractivity contribution in [1.29, 1.82) is 0 Å². The van der Waals surface area contributed by atoms with Gasteiger partial charge in [-0.25, -0.2) is 9.18 Å². The Kier molecular flexibility index (Phi) is 4.88. The molecule has 2 aromatic carbocycles. The lowest BCUT2D eigenvalue weighted by molar-refractivity contribution is -0.147. The molecule has 1 aromatic heterocycles. The summed E-state index contributed by atoms with van der Waals surface area (Å²) in [5, 5.41) is 0.802. The number of aryl methyl sites for hydroxylation is 1. The molecule has 0 bridgehead atoms. The molecule has 2 heterocycles. The maximum atomic E-state index is 13.4. The molecule has 0 saturated carbocycles. The highest BCUT2D eigenvalue weighted by atomic mass is 19.1.